The molecule has 182 valence electrons. The van der Waals surface area contributed by atoms with Crippen molar-refractivity contribution in [1.29, 1.82) is 0 Å². The van der Waals surface area contributed by atoms with Crippen molar-refractivity contribution in [3.8, 4) is 11.5 Å². The van der Waals surface area contributed by atoms with Gasteiger partial charge < -0.3 is 26.3 Å². The molecule has 2 aromatic heterocycles. The summed E-state index contributed by atoms with van der Waals surface area (Å²) in [5.41, 5.74) is 12.9. The van der Waals surface area contributed by atoms with E-state index in [0.717, 1.165) is 6.42 Å². The predicted octanol–water partition coefficient (Wildman–Crippen LogP) is 3.76. The fourth-order valence-electron chi connectivity index (χ4n) is 2.75. The molecule has 0 fully saturated rings. The molecule has 0 unspecified atom stereocenters. The van der Waals surface area contributed by atoms with Crippen molar-refractivity contribution in [2.75, 3.05) is 17.7 Å². The Morgan fingerprint density at radius 3 is 2.49 bits per heavy atom. The first-order valence-electron chi connectivity index (χ1n) is 10.0. The summed E-state index contributed by atoms with van der Waals surface area (Å²) in [6.45, 7) is 0.240. The molecule has 0 aliphatic rings. The molecule has 0 saturated carbocycles. The molecule has 2 heterocycles. The van der Waals surface area contributed by atoms with Gasteiger partial charge in [0.05, 0.1) is 16.1 Å². The number of carbonyl (C=O) groups excluding carboxylic acids is 1. The molecule has 10 nitrogen and oxygen atoms in total. The second-order valence-electron chi connectivity index (χ2n) is 6.88. The monoisotopic (exact) mass is 503 g/mol. The Bertz CT molecular complexity index is 1290. The Labute approximate surface area is 203 Å². The van der Waals surface area contributed by atoms with Crippen LogP contribution in [0.2, 0.25) is 5.02 Å². The molecular weight excluding hydrogens is 484 g/mol. The van der Waals surface area contributed by atoms with E-state index in [1.54, 1.807) is 6.07 Å². The molecule has 0 atom stereocenters. The molecule has 0 bridgehead atoms. The van der Waals surface area contributed by atoms with Crippen LogP contribution in [0.15, 0.2) is 59.1 Å². The minimum atomic E-state index is -2.90. The number of amides is 1. The normalized spacial score (nSPS) is 10.5. The second kappa shape index (κ2) is 11.8. The van der Waals surface area contributed by atoms with Crippen molar-refractivity contribution in [1.82, 2.24) is 20.2 Å². The van der Waals surface area contributed by atoms with Gasteiger partial charge in [-0.2, -0.15) is 13.8 Å². The van der Waals surface area contributed by atoms with Crippen molar-refractivity contribution < 1.29 is 23.1 Å². The largest absolute Gasteiger partial charge is 0.415 e. The standard InChI is InChI=1S/C14H10ClF2N7O2.C8H10O/c15-8-3-5(1-2-6(8)11(19)25)21-14-20-4-7(10(18)22-14)12-23-24-13(26-12)9(16)17;9-7-6-8-4-2-1-3-5-8/h1-4,9H,(H2,19,25)(H3,18,20,21,22);1-5,9H,6-7H2. The first-order valence-corrected chi connectivity index (χ1v) is 10.4. The summed E-state index contributed by atoms with van der Waals surface area (Å²) in [5, 5.41) is 18.2. The van der Waals surface area contributed by atoms with E-state index >= 15 is 0 Å². The highest BCUT2D eigenvalue weighted by Gasteiger charge is 2.19. The highest BCUT2D eigenvalue weighted by atomic mass is 35.5. The number of nitrogens with two attached hydrogens (primary N) is 2. The fraction of sp³-hybridized carbons (Fsp3) is 0.136. The summed E-state index contributed by atoms with van der Waals surface area (Å²) in [6.07, 6.45) is -0.888. The number of nitrogens with zero attached hydrogens (tertiary/aromatic N) is 4. The number of primary amides is 1. The van der Waals surface area contributed by atoms with Crippen LogP contribution in [-0.4, -0.2) is 37.8 Å². The molecule has 1 amide bonds. The molecule has 4 aromatic rings. The minimum Gasteiger partial charge on any atom is -0.415 e. The van der Waals surface area contributed by atoms with Gasteiger partial charge in [-0.1, -0.05) is 41.9 Å². The van der Waals surface area contributed by atoms with Gasteiger partial charge in [-0.3, -0.25) is 4.79 Å². The van der Waals surface area contributed by atoms with Gasteiger partial charge >= 0.3 is 6.43 Å². The quantitative estimate of drug-likeness (QED) is 0.293. The van der Waals surface area contributed by atoms with Gasteiger partial charge in [0.15, 0.2) is 0 Å². The number of anilines is 3. The molecular formula is C22H20ClF2N7O3. The molecule has 2 aromatic carbocycles. The van der Waals surface area contributed by atoms with Crippen molar-refractivity contribution in [2.45, 2.75) is 12.8 Å². The van der Waals surface area contributed by atoms with E-state index in [-0.39, 0.29) is 40.4 Å². The topological polar surface area (TPSA) is 166 Å². The van der Waals surface area contributed by atoms with E-state index < -0.39 is 18.2 Å². The van der Waals surface area contributed by atoms with E-state index in [4.69, 9.17) is 32.6 Å². The maximum Gasteiger partial charge on any atom is 0.314 e. The lowest BCUT2D eigenvalue weighted by molar-refractivity contribution is 0.100. The minimum absolute atomic E-state index is 0.0631. The third-order valence-corrected chi connectivity index (χ3v) is 4.72. The molecule has 0 radical (unpaired) electrons. The zero-order valence-electron chi connectivity index (χ0n) is 18.0. The maximum absolute atomic E-state index is 12.5. The van der Waals surface area contributed by atoms with Crippen LogP contribution in [0, 0.1) is 0 Å². The van der Waals surface area contributed by atoms with Gasteiger partial charge in [-0.25, -0.2) is 4.98 Å². The Morgan fingerprint density at radius 2 is 1.91 bits per heavy atom. The number of halogens is 3. The number of alkyl halides is 2. The molecule has 35 heavy (non-hydrogen) atoms. The van der Waals surface area contributed by atoms with E-state index in [1.165, 1.54) is 23.9 Å². The van der Waals surface area contributed by atoms with E-state index in [9.17, 15) is 13.6 Å². The van der Waals surface area contributed by atoms with Gasteiger partial charge in [-0.05, 0) is 30.2 Å². The summed E-state index contributed by atoms with van der Waals surface area (Å²) in [7, 11) is 0. The fourth-order valence-corrected chi connectivity index (χ4v) is 3.02. The molecule has 13 heteroatoms. The van der Waals surface area contributed by atoms with E-state index in [0.29, 0.717) is 5.69 Å². The predicted molar refractivity (Wildman–Crippen MR) is 125 cm³/mol. The summed E-state index contributed by atoms with van der Waals surface area (Å²) < 4.78 is 29.8. The van der Waals surface area contributed by atoms with Crippen LogP contribution in [0.25, 0.3) is 11.5 Å². The molecule has 6 N–H and O–H groups in total. The molecule has 0 aliphatic carbocycles. The number of carbonyl (C=O) groups is 1. The summed E-state index contributed by atoms with van der Waals surface area (Å²) in [6, 6.07) is 14.4. The lowest BCUT2D eigenvalue weighted by atomic mass is 10.2. The summed E-state index contributed by atoms with van der Waals surface area (Å²) in [5.74, 6) is -1.67. The van der Waals surface area contributed by atoms with Crippen LogP contribution in [0.5, 0.6) is 0 Å². The zero-order valence-corrected chi connectivity index (χ0v) is 18.8. The lowest BCUT2D eigenvalue weighted by Gasteiger charge is -2.08. The third kappa shape index (κ3) is 6.91. The average Bonchev–Trinajstić information content (AvgIpc) is 3.31. The Kier molecular flexibility index (Phi) is 8.59. The first-order chi connectivity index (χ1) is 16.8. The van der Waals surface area contributed by atoms with Gasteiger partial charge in [0, 0.05) is 18.5 Å². The third-order valence-electron chi connectivity index (χ3n) is 4.41. The zero-order chi connectivity index (χ0) is 25.4. The van der Waals surface area contributed by atoms with E-state index in [1.807, 2.05) is 30.3 Å². The van der Waals surface area contributed by atoms with Crippen LogP contribution in [-0.2, 0) is 6.42 Å². The number of nitrogen functional groups attached to an aromatic ring is 1. The molecule has 0 spiro atoms. The van der Waals surface area contributed by atoms with Gasteiger partial charge in [0.2, 0.25) is 11.9 Å². The lowest BCUT2D eigenvalue weighted by Crippen LogP contribution is -2.11. The van der Waals surface area contributed by atoms with Crippen LogP contribution < -0.4 is 16.8 Å². The molecule has 0 aliphatic heterocycles. The second-order valence-corrected chi connectivity index (χ2v) is 7.29. The Hall–Kier alpha value is -4.16. The number of benzene rings is 2. The van der Waals surface area contributed by atoms with Crippen molar-refractivity contribution in [3.05, 3.63) is 76.8 Å². The van der Waals surface area contributed by atoms with E-state index in [2.05, 4.69) is 25.5 Å². The highest BCUT2D eigenvalue weighted by Crippen LogP contribution is 2.28. The van der Waals surface area contributed by atoms with Gasteiger partial charge in [0.1, 0.15) is 5.82 Å². The van der Waals surface area contributed by atoms with Crippen LogP contribution in [0.4, 0.5) is 26.2 Å². The average molecular weight is 504 g/mol. The van der Waals surface area contributed by atoms with Crippen molar-refractivity contribution in [3.63, 3.8) is 0 Å². The Morgan fingerprint density at radius 1 is 1.17 bits per heavy atom. The number of hydrogen-bond donors (Lipinski definition) is 4. The number of rotatable bonds is 7. The summed E-state index contributed by atoms with van der Waals surface area (Å²) >= 11 is 5.96. The van der Waals surface area contributed by atoms with Crippen LogP contribution in [0.1, 0.15) is 28.2 Å². The number of nitrogens with one attached hydrogen (secondary N) is 1. The SMILES string of the molecule is NC(=O)c1ccc(Nc2ncc(-c3nnc(C(F)F)o3)c(N)n2)cc1Cl.OCCc1ccccc1. The number of aliphatic hydroxyl groups excluding tert-OH is 1. The van der Waals surface area contributed by atoms with Crippen molar-refractivity contribution in [2.24, 2.45) is 5.73 Å². The number of aliphatic hydroxyl groups is 1. The van der Waals surface area contributed by atoms with Crippen LogP contribution in [0.3, 0.4) is 0 Å². The Balaban J connectivity index is 0.000000320. The number of hydrogen-bond acceptors (Lipinski definition) is 9. The first kappa shape index (κ1) is 25.5. The molecule has 4 rings (SSSR count). The maximum atomic E-state index is 12.5. The molecule has 0 saturated heterocycles. The highest BCUT2D eigenvalue weighted by molar-refractivity contribution is 6.34. The van der Waals surface area contributed by atoms with Crippen molar-refractivity contribution >= 4 is 35.0 Å². The number of aromatic nitrogens is 4. The smallest absolute Gasteiger partial charge is 0.314 e. The van der Waals surface area contributed by atoms with Gasteiger partial charge in [0.25, 0.3) is 11.8 Å². The van der Waals surface area contributed by atoms with Gasteiger partial charge in [-0.15, -0.1) is 10.2 Å². The van der Waals surface area contributed by atoms with Crippen LogP contribution >= 0.6 is 11.6 Å². The summed E-state index contributed by atoms with van der Waals surface area (Å²) in [4.78, 5) is 19.2.